The Hall–Kier alpha value is -1.71. The van der Waals surface area contributed by atoms with Crippen molar-refractivity contribution in [2.24, 2.45) is 0 Å². The first kappa shape index (κ1) is 16.7. The molecule has 2 aliphatic heterocycles. The van der Waals surface area contributed by atoms with Gasteiger partial charge in [-0.15, -0.1) is 0 Å². The molecule has 0 radical (unpaired) electrons. The molecule has 0 unspecified atom stereocenters. The minimum atomic E-state index is 0.858. The highest BCUT2D eigenvalue weighted by atomic mass is 35.5. The van der Waals surface area contributed by atoms with E-state index in [1.807, 2.05) is 12.1 Å². The van der Waals surface area contributed by atoms with Gasteiger partial charge in [0.1, 0.15) is 0 Å². The lowest BCUT2D eigenvalue weighted by molar-refractivity contribution is 0.344. The number of halogens is 1. The van der Waals surface area contributed by atoms with Crippen molar-refractivity contribution in [3.63, 3.8) is 0 Å². The van der Waals surface area contributed by atoms with Gasteiger partial charge in [0, 0.05) is 37.7 Å². The molecule has 2 aromatic rings. The van der Waals surface area contributed by atoms with Crippen LogP contribution in [0.25, 0.3) is 0 Å². The summed E-state index contributed by atoms with van der Waals surface area (Å²) in [6.07, 6.45) is 2.73. The van der Waals surface area contributed by atoms with E-state index in [9.17, 15) is 0 Å². The van der Waals surface area contributed by atoms with Gasteiger partial charge in [0.2, 0.25) is 0 Å². The van der Waals surface area contributed by atoms with Crippen LogP contribution in [-0.2, 0) is 6.54 Å². The molecular formula is C21H26ClN3. The highest BCUT2D eigenvalue weighted by Gasteiger charge is 2.23. The van der Waals surface area contributed by atoms with Gasteiger partial charge < -0.3 is 14.7 Å². The number of hydrogen-bond acceptors (Lipinski definition) is 3. The second kappa shape index (κ2) is 7.67. The molecule has 1 fully saturated rings. The van der Waals surface area contributed by atoms with Crippen LogP contribution in [-0.4, -0.2) is 44.2 Å². The van der Waals surface area contributed by atoms with Crippen LogP contribution in [0, 0.1) is 0 Å². The first-order valence-corrected chi connectivity index (χ1v) is 9.74. The van der Waals surface area contributed by atoms with Crippen LogP contribution >= 0.6 is 11.6 Å². The molecule has 0 amide bonds. The third-order valence-electron chi connectivity index (χ3n) is 5.41. The molecule has 2 heterocycles. The second-order valence-electron chi connectivity index (χ2n) is 7.04. The van der Waals surface area contributed by atoms with E-state index in [4.69, 9.17) is 11.6 Å². The maximum absolute atomic E-state index is 6.38. The van der Waals surface area contributed by atoms with E-state index in [1.54, 1.807) is 0 Å². The maximum atomic E-state index is 6.38. The van der Waals surface area contributed by atoms with Crippen LogP contribution in [0.3, 0.4) is 0 Å². The smallest absolute Gasteiger partial charge is 0.0607 e. The van der Waals surface area contributed by atoms with Gasteiger partial charge in [0.05, 0.1) is 11.4 Å². The third-order valence-corrected chi connectivity index (χ3v) is 5.78. The highest BCUT2D eigenvalue weighted by molar-refractivity contribution is 6.31. The third kappa shape index (κ3) is 3.78. The molecule has 0 bridgehead atoms. The van der Waals surface area contributed by atoms with Gasteiger partial charge in [-0.3, -0.25) is 0 Å². The summed E-state index contributed by atoms with van der Waals surface area (Å²) in [5.74, 6) is 0. The molecule has 0 aromatic heterocycles. The molecule has 4 rings (SSSR count). The number of benzene rings is 2. The summed E-state index contributed by atoms with van der Waals surface area (Å²) in [5, 5.41) is 0.858. The second-order valence-corrected chi connectivity index (χ2v) is 7.44. The zero-order chi connectivity index (χ0) is 17.1. The number of nitrogens with zero attached hydrogens (tertiary/aromatic N) is 3. The zero-order valence-corrected chi connectivity index (χ0v) is 15.5. The number of anilines is 2. The Bertz CT molecular complexity index is 712. The van der Waals surface area contributed by atoms with Gasteiger partial charge in [0.25, 0.3) is 0 Å². The van der Waals surface area contributed by atoms with Crippen molar-refractivity contribution >= 4 is 23.0 Å². The number of hydrogen-bond donors (Lipinski definition) is 0. The standard InChI is InChI=1S/C21H26ClN3/c22-19-8-2-1-7-18(19)17-25-16-15-24(14-13-23-11-5-6-12-23)20-9-3-4-10-21(20)25/h1-4,7-10H,5-6,11-17H2. The Balaban J connectivity index is 1.49. The summed E-state index contributed by atoms with van der Waals surface area (Å²) in [7, 11) is 0. The van der Waals surface area contributed by atoms with E-state index < -0.39 is 0 Å². The van der Waals surface area contributed by atoms with Crippen molar-refractivity contribution in [2.75, 3.05) is 49.1 Å². The van der Waals surface area contributed by atoms with Crippen LogP contribution in [0.4, 0.5) is 11.4 Å². The molecule has 0 aliphatic carbocycles. The molecule has 1 saturated heterocycles. The minimum absolute atomic E-state index is 0.858. The summed E-state index contributed by atoms with van der Waals surface area (Å²) < 4.78 is 0. The molecule has 132 valence electrons. The lowest BCUT2D eigenvalue weighted by Crippen LogP contribution is -2.43. The number of fused-ring (bicyclic) bond motifs is 1. The lowest BCUT2D eigenvalue weighted by atomic mass is 10.1. The monoisotopic (exact) mass is 355 g/mol. The molecule has 3 nitrogen and oxygen atoms in total. The van der Waals surface area contributed by atoms with E-state index >= 15 is 0 Å². The Labute approximate surface area is 155 Å². The molecule has 2 aliphatic rings. The predicted molar refractivity (Wildman–Crippen MR) is 107 cm³/mol. The summed E-state index contributed by atoms with van der Waals surface area (Å²) in [6, 6.07) is 17.0. The Morgan fingerprint density at radius 1 is 0.720 bits per heavy atom. The molecule has 25 heavy (non-hydrogen) atoms. The summed E-state index contributed by atoms with van der Waals surface area (Å²) >= 11 is 6.38. The first-order valence-electron chi connectivity index (χ1n) is 9.36. The Morgan fingerprint density at radius 3 is 2.12 bits per heavy atom. The van der Waals surface area contributed by atoms with Gasteiger partial charge in [-0.2, -0.15) is 0 Å². The van der Waals surface area contributed by atoms with Crippen molar-refractivity contribution < 1.29 is 0 Å². The highest BCUT2D eigenvalue weighted by Crippen LogP contribution is 2.34. The van der Waals surface area contributed by atoms with Crippen LogP contribution in [0.2, 0.25) is 5.02 Å². The zero-order valence-electron chi connectivity index (χ0n) is 14.7. The van der Waals surface area contributed by atoms with Gasteiger partial charge in [0.15, 0.2) is 0 Å². The summed E-state index contributed by atoms with van der Waals surface area (Å²) in [6.45, 7) is 7.84. The average molecular weight is 356 g/mol. The number of para-hydroxylation sites is 2. The SMILES string of the molecule is Clc1ccccc1CN1CCN(CCN2CCCC2)c2ccccc21. The maximum Gasteiger partial charge on any atom is 0.0607 e. The van der Waals surface area contributed by atoms with Gasteiger partial charge >= 0.3 is 0 Å². The number of likely N-dealkylation sites (tertiary alicyclic amines) is 1. The van der Waals surface area contributed by atoms with Crippen molar-refractivity contribution in [3.05, 3.63) is 59.1 Å². The summed E-state index contributed by atoms with van der Waals surface area (Å²) in [4.78, 5) is 7.61. The largest absolute Gasteiger partial charge is 0.367 e. The Morgan fingerprint density at radius 2 is 1.36 bits per heavy atom. The van der Waals surface area contributed by atoms with Crippen LogP contribution in [0.5, 0.6) is 0 Å². The van der Waals surface area contributed by atoms with Gasteiger partial charge in [-0.05, 0) is 49.7 Å². The van der Waals surface area contributed by atoms with Crippen molar-refractivity contribution in [1.82, 2.24) is 4.90 Å². The van der Waals surface area contributed by atoms with E-state index in [0.717, 1.165) is 31.2 Å². The fourth-order valence-electron chi connectivity index (χ4n) is 3.98. The molecule has 0 N–H and O–H groups in total. The fraction of sp³-hybridized carbons (Fsp3) is 0.429. The van der Waals surface area contributed by atoms with E-state index in [2.05, 4.69) is 51.1 Å². The van der Waals surface area contributed by atoms with E-state index in [-0.39, 0.29) is 0 Å². The lowest BCUT2D eigenvalue weighted by Gasteiger charge is -2.39. The predicted octanol–water partition coefficient (Wildman–Crippen LogP) is 4.26. The van der Waals surface area contributed by atoms with Gasteiger partial charge in [-0.1, -0.05) is 41.9 Å². The van der Waals surface area contributed by atoms with Crippen LogP contribution < -0.4 is 9.80 Å². The van der Waals surface area contributed by atoms with Crippen molar-refractivity contribution in [3.8, 4) is 0 Å². The quantitative estimate of drug-likeness (QED) is 0.793. The van der Waals surface area contributed by atoms with Crippen LogP contribution in [0.15, 0.2) is 48.5 Å². The molecular weight excluding hydrogens is 330 g/mol. The van der Waals surface area contributed by atoms with Gasteiger partial charge in [-0.25, -0.2) is 0 Å². The first-order chi connectivity index (χ1) is 12.3. The molecule has 0 atom stereocenters. The molecule has 2 aromatic carbocycles. The minimum Gasteiger partial charge on any atom is -0.367 e. The normalized spacial score (nSPS) is 17.8. The van der Waals surface area contributed by atoms with E-state index in [1.165, 1.54) is 49.4 Å². The summed E-state index contributed by atoms with van der Waals surface area (Å²) in [5.41, 5.74) is 3.89. The van der Waals surface area contributed by atoms with E-state index in [0.29, 0.717) is 0 Å². The van der Waals surface area contributed by atoms with Crippen LogP contribution in [0.1, 0.15) is 18.4 Å². The molecule has 4 heteroatoms. The Kier molecular flexibility index (Phi) is 5.14. The average Bonchev–Trinajstić information content (AvgIpc) is 3.16. The van der Waals surface area contributed by atoms with Crippen molar-refractivity contribution in [2.45, 2.75) is 19.4 Å². The molecule has 0 spiro atoms. The molecule has 0 saturated carbocycles. The topological polar surface area (TPSA) is 9.72 Å². The fourth-order valence-corrected chi connectivity index (χ4v) is 4.17. The number of rotatable bonds is 5. The van der Waals surface area contributed by atoms with Crippen molar-refractivity contribution in [1.29, 1.82) is 0 Å².